The van der Waals surface area contributed by atoms with Gasteiger partial charge < -0.3 is 5.73 Å². The third-order valence-corrected chi connectivity index (χ3v) is 1.14. The van der Waals surface area contributed by atoms with Gasteiger partial charge in [-0.25, -0.2) is 9.48 Å². The third-order valence-electron chi connectivity index (χ3n) is 1.14. The topological polar surface area (TPSA) is 80.9 Å². The predicted molar refractivity (Wildman–Crippen MR) is 34.8 cm³/mol. The lowest BCUT2D eigenvalue weighted by Crippen LogP contribution is -2.23. The van der Waals surface area contributed by atoms with Crippen molar-refractivity contribution in [3.8, 4) is 0 Å². The van der Waals surface area contributed by atoms with E-state index in [-0.39, 0.29) is 5.56 Å². The van der Waals surface area contributed by atoms with Crippen molar-refractivity contribution in [3.63, 3.8) is 0 Å². The number of carbonyl (C=O) groups is 1. The monoisotopic (exact) mass is 141 g/mol. The fraction of sp³-hybridized carbons (Fsp3) is 0.200. The number of H-pyrrole nitrogens is 1. The van der Waals surface area contributed by atoms with E-state index in [1.165, 1.54) is 6.07 Å². The smallest absolute Gasteiger partial charge is 0.337 e. The highest BCUT2D eigenvalue weighted by molar-refractivity contribution is 5.74. The van der Waals surface area contributed by atoms with E-state index in [1.54, 1.807) is 6.92 Å². The number of carbonyl (C=O) groups excluding carboxylic acids is 1. The highest BCUT2D eigenvalue weighted by atomic mass is 16.2. The van der Waals surface area contributed by atoms with Crippen LogP contribution in [0, 0.1) is 6.92 Å². The van der Waals surface area contributed by atoms with Gasteiger partial charge in [-0.3, -0.25) is 9.89 Å². The molecule has 1 heterocycles. The molecule has 0 aromatic carbocycles. The van der Waals surface area contributed by atoms with E-state index in [4.69, 9.17) is 5.73 Å². The van der Waals surface area contributed by atoms with Crippen molar-refractivity contribution in [2.24, 2.45) is 5.73 Å². The number of nitrogens with zero attached hydrogens (tertiary/aromatic N) is 1. The van der Waals surface area contributed by atoms with Gasteiger partial charge in [0.25, 0.3) is 5.56 Å². The first kappa shape index (κ1) is 6.60. The third kappa shape index (κ3) is 0.928. The number of aromatic nitrogens is 2. The lowest BCUT2D eigenvalue weighted by atomic mass is 10.5. The highest BCUT2D eigenvalue weighted by Crippen LogP contribution is 1.87. The van der Waals surface area contributed by atoms with Gasteiger partial charge in [-0.15, -0.1) is 0 Å². The van der Waals surface area contributed by atoms with Crippen LogP contribution in [0.1, 0.15) is 5.69 Å². The summed E-state index contributed by atoms with van der Waals surface area (Å²) >= 11 is 0. The molecule has 0 saturated heterocycles. The maximum absolute atomic E-state index is 10.5. The Labute approximate surface area is 56.4 Å². The molecule has 1 aromatic heterocycles. The van der Waals surface area contributed by atoms with Gasteiger partial charge in [0.1, 0.15) is 0 Å². The summed E-state index contributed by atoms with van der Waals surface area (Å²) in [5.74, 6) is 0. The Hall–Kier alpha value is -1.52. The normalized spacial score (nSPS) is 9.70. The van der Waals surface area contributed by atoms with E-state index in [0.29, 0.717) is 5.69 Å². The molecular weight excluding hydrogens is 134 g/mol. The highest BCUT2D eigenvalue weighted by Gasteiger charge is 2.02. The number of nitrogens with one attached hydrogen (secondary N) is 1. The molecule has 5 heteroatoms. The fourth-order valence-corrected chi connectivity index (χ4v) is 0.714. The van der Waals surface area contributed by atoms with Crippen molar-refractivity contribution < 1.29 is 4.79 Å². The van der Waals surface area contributed by atoms with Crippen molar-refractivity contribution >= 4 is 6.03 Å². The Morgan fingerprint density at radius 1 is 1.80 bits per heavy atom. The summed E-state index contributed by atoms with van der Waals surface area (Å²) in [7, 11) is 0. The Balaban J connectivity index is 3.28. The molecule has 1 rings (SSSR count). The summed E-state index contributed by atoms with van der Waals surface area (Å²) in [6.07, 6.45) is 0. The first-order valence-corrected chi connectivity index (χ1v) is 2.70. The second-order valence-corrected chi connectivity index (χ2v) is 1.94. The molecule has 1 amide bonds. The molecular formula is C5H7N3O2. The van der Waals surface area contributed by atoms with E-state index in [1.807, 2.05) is 0 Å². The average molecular weight is 141 g/mol. The van der Waals surface area contributed by atoms with E-state index < -0.39 is 6.03 Å². The number of hydrogen-bond donors (Lipinski definition) is 2. The van der Waals surface area contributed by atoms with Crippen LogP contribution < -0.4 is 11.3 Å². The van der Waals surface area contributed by atoms with Gasteiger partial charge in [-0.1, -0.05) is 0 Å². The summed E-state index contributed by atoms with van der Waals surface area (Å²) in [5.41, 5.74) is 5.07. The van der Waals surface area contributed by atoms with Crippen molar-refractivity contribution in [1.29, 1.82) is 0 Å². The molecule has 0 saturated carbocycles. The van der Waals surface area contributed by atoms with Crippen molar-refractivity contribution in [2.45, 2.75) is 6.92 Å². The maximum atomic E-state index is 10.5. The van der Waals surface area contributed by atoms with Crippen LogP contribution in [-0.2, 0) is 0 Å². The lowest BCUT2D eigenvalue weighted by molar-refractivity contribution is 0.247. The molecule has 54 valence electrons. The fourth-order valence-electron chi connectivity index (χ4n) is 0.714. The van der Waals surface area contributed by atoms with Crippen molar-refractivity contribution in [3.05, 3.63) is 22.1 Å². The van der Waals surface area contributed by atoms with Crippen molar-refractivity contribution in [1.82, 2.24) is 9.78 Å². The molecule has 0 aliphatic carbocycles. The zero-order valence-corrected chi connectivity index (χ0v) is 5.42. The van der Waals surface area contributed by atoms with Crippen LogP contribution in [-0.4, -0.2) is 15.8 Å². The van der Waals surface area contributed by atoms with Crippen LogP contribution in [0.3, 0.4) is 0 Å². The van der Waals surface area contributed by atoms with Crippen molar-refractivity contribution in [2.75, 3.05) is 0 Å². The quantitative estimate of drug-likeness (QED) is 0.506. The largest absolute Gasteiger partial charge is 0.350 e. The second-order valence-electron chi connectivity index (χ2n) is 1.94. The standard InChI is InChI=1S/C5H7N3O2/c1-3-2-4(9)7-8(3)5(6)10/h2H,1H3,(H2,6,10)(H,7,9). The second kappa shape index (κ2) is 2.02. The molecule has 10 heavy (non-hydrogen) atoms. The number of rotatable bonds is 0. The predicted octanol–water partition coefficient (Wildman–Crippen LogP) is -0.588. The Morgan fingerprint density at radius 3 is 2.60 bits per heavy atom. The Bertz CT molecular complexity index is 309. The zero-order valence-electron chi connectivity index (χ0n) is 5.42. The number of nitrogens with two attached hydrogens (primary N) is 1. The molecule has 0 fully saturated rings. The van der Waals surface area contributed by atoms with E-state index in [2.05, 4.69) is 5.10 Å². The first-order valence-electron chi connectivity index (χ1n) is 2.70. The minimum atomic E-state index is -0.681. The lowest BCUT2D eigenvalue weighted by Gasteiger charge is -1.94. The van der Waals surface area contributed by atoms with Gasteiger partial charge >= 0.3 is 6.03 Å². The summed E-state index contributed by atoms with van der Waals surface area (Å²) in [4.78, 5) is 21.0. The van der Waals surface area contributed by atoms with Gasteiger partial charge in [0.2, 0.25) is 0 Å². The summed E-state index contributed by atoms with van der Waals surface area (Å²) in [6.45, 7) is 1.61. The Morgan fingerprint density at radius 2 is 2.40 bits per heavy atom. The molecule has 3 N–H and O–H groups in total. The van der Waals surface area contributed by atoms with E-state index >= 15 is 0 Å². The molecule has 5 nitrogen and oxygen atoms in total. The zero-order chi connectivity index (χ0) is 7.72. The Kier molecular flexibility index (Phi) is 1.33. The van der Waals surface area contributed by atoms with Gasteiger partial charge in [-0.2, -0.15) is 0 Å². The molecule has 0 unspecified atom stereocenters. The van der Waals surface area contributed by atoms with E-state index in [0.717, 1.165) is 4.68 Å². The number of primary amides is 1. The van der Waals surface area contributed by atoms with Gasteiger partial charge in [0.05, 0.1) is 0 Å². The number of hydrogen-bond acceptors (Lipinski definition) is 2. The van der Waals surface area contributed by atoms with Gasteiger partial charge in [0, 0.05) is 11.8 Å². The molecule has 0 bridgehead atoms. The van der Waals surface area contributed by atoms with Crippen LogP contribution in [0.4, 0.5) is 4.79 Å². The summed E-state index contributed by atoms with van der Waals surface area (Å²) < 4.78 is 0.988. The van der Waals surface area contributed by atoms with Crippen LogP contribution >= 0.6 is 0 Å². The van der Waals surface area contributed by atoms with Gasteiger partial charge in [-0.05, 0) is 6.92 Å². The molecule has 0 spiro atoms. The molecule has 0 radical (unpaired) electrons. The number of amides is 1. The molecule has 1 aromatic rings. The van der Waals surface area contributed by atoms with Gasteiger partial charge in [0.15, 0.2) is 0 Å². The average Bonchev–Trinajstić information content (AvgIpc) is 2.10. The van der Waals surface area contributed by atoms with Crippen LogP contribution in [0.25, 0.3) is 0 Å². The molecule has 0 atom stereocenters. The number of aryl methyl sites for hydroxylation is 1. The van der Waals surface area contributed by atoms with Crippen LogP contribution in [0.5, 0.6) is 0 Å². The minimum absolute atomic E-state index is 0.323. The minimum Gasteiger partial charge on any atom is -0.350 e. The maximum Gasteiger partial charge on any atom is 0.337 e. The first-order chi connectivity index (χ1) is 4.61. The summed E-state index contributed by atoms with van der Waals surface area (Å²) in [6, 6.07) is 0.615. The van der Waals surface area contributed by atoms with Crippen LogP contribution in [0.15, 0.2) is 10.9 Å². The summed E-state index contributed by atoms with van der Waals surface area (Å²) in [5, 5.41) is 2.23. The molecule has 0 aliphatic heterocycles. The SMILES string of the molecule is Cc1cc(=O)[nH]n1C(N)=O. The number of aromatic amines is 1. The van der Waals surface area contributed by atoms with E-state index in [9.17, 15) is 9.59 Å². The van der Waals surface area contributed by atoms with Crippen LogP contribution in [0.2, 0.25) is 0 Å². The molecule has 0 aliphatic rings.